The van der Waals surface area contributed by atoms with Crippen molar-refractivity contribution in [2.75, 3.05) is 6.54 Å². The number of aryl methyl sites for hydroxylation is 1. The predicted octanol–water partition coefficient (Wildman–Crippen LogP) is 4.96. The molecule has 0 spiro atoms. The number of hydrogen-bond donors (Lipinski definition) is 1. The van der Waals surface area contributed by atoms with Crippen molar-refractivity contribution in [2.45, 2.75) is 78.4 Å². The third-order valence-corrected chi connectivity index (χ3v) is 3.95. The first-order chi connectivity index (χ1) is 10.2. The van der Waals surface area contributed by atoms with E-state index in [9.17, 15) is 0 Å². The highest BCUT2D eigenvalue weighted by Gasteiger charge is 2.19. The molecule has 0 aromatic heterocycles. The molecule has 1 N–H and O–H groups in total. The van der Waals surface area contributed by atoms with Gasteiger partial charge in [-0.2, -0.15) is 0 Å². The molecular formula is C19H33NO. The summed E-state index contributed by atoms with van der Waals surface area (Å²) in [5.41, 5.74) is 1.41. The number of likely N-dealkylation sites (N-methyl/N-ethyl adjacent to an activating group) is 1. The summed E-state index contributed by atoms with van der Waals surface area (Å²) in [4.78, 5) is 0. The molecule has 1 rings (SSSR count). The molecule has 0 saturated carbocycles. The SMILES string of the molecule is CCCCc1ccc(OC(CC)C(CCC)NCC)cc1. The highest BCUT2D eigenvalue weighted by atomic mass is 16.5. The van der Waals surface area contributed by atoms with Crippen LogP contribution in [0.3, 0.4) is 0 Å². The van der Waals surface area contributed by atoms with Crippen LogP contribution < -0.4 is 10.1 Å². The lowest BCUT2D eigenvalue weighted by atomic mass is 10.0. The quantitative estimate of drug-likeness (QED) is 0.622. The van der Waals surface area contributed by atoms with E-state index in [1.807, 2.05) is 0 Å². The van der Waals surface area contributed by atoms with Crippen LogP contribution in [0.15, 0.2) is 24.3 Å². The zero-order valence-corrected chi connectivity index (χ0v) is 14.3. The maximum absolute atomic E-state index is 6.23. The Hall–Kier alpha value is -1.02. The second kappa shape index (κ2) is 10.7. The Labute approximate surface area is 131 Å². The van der Waals surface area contributed by atoms with Gasteiger partial charge in [0, 0.05) is 6.04 Å². The Morgan fingerprint density at radius 1 is 1.00 bits per heavy atom. The molecule has 0 aliphatic carbocycles. The molecule has 2 atom stereocenters. The van der Waals surface area contributed by atoms with E-state index >= 15 is 0 Å². The minimum atomic E-state index is 0.256. The summed E-state index contributed by atoms with van der Waals surface area (Å²) in [6, 6.07) is 9.12. The smallest absolute Gasteiger partial charge is 0.119 e. The van der Waals surface area contributed by atoms with Crippen molar-refractivity contribution < 1.29 is 4.74 Å². The number of unbranched alkanes of at least 4 members (excludes halogenated alkanes) is 1. The Balaban J connectivity index is 2.62. The van der Waals surface area contributed by atoms with Gasteiger partial charge in [0.05, 0.1) is 0 Å². The minimum Gasteiger partial charge on any atom is -0.489 e. The summed E-state index contributed by atoms with van der Waals surface area (Å²) in [6.07, 6.45) is 7.33. The Morgan fingerprint density at radius 2 is 1.71 bits per heavy atom. The number of rotatable bonds is 11. The molecule has 2 heteroatoms. The molecule has 0 radical (unpaired) electrons. The van der Waals surface area contributed by atoms with Gasteiger partial charge in [-0.25, -0.2) is 0 Å². The maximum atomic E-state index is 6.23. The van der Waals surface area contributed by atoms with Gasteiger partial charge in [0.2, 0.25) is 0 Å². The molecule has 1 aromatic carbocycles. The van der Waals surface area contributed by atoms with E-state index < -0.39 is 0 Å². The van der Waals surface area contributed by atoms with Crippen LogP contribution >= 0.6 is 0 Å². The molecule has 0 aliphatic rings. The Morgan fingerprint density at radius 3 is 2.24 bits per heavy atom. The molecule has 0 amide bonds. The van der Waals surface area contributed by atoms with E-state index in [4.69, 9.17) is 4.74 Å². The van der Waals surface area contributed by atoms with E-state index in [0.717, 1.165) is 18.7 Å². The molecular weight excluding hydrogens is 258 g/mol. The average Bonchev–Trinajstić information content (AvgIpc) is 2.51. The van der Waals surface area contributed by atoms with Crippen LogP contribution in [0, 0.1) is 0 Å². The van der Waals surface area contributed by atoms with Gasteiger partial charge in [-0.05, 0) is 49.9 Å². The number of hydrogen-bond acceptors (Lipinski definition) is 2. The number of benzene rings is 1. The van der Waals surface area contributed by atoms with Crippen LogP contribution in [0.25, 0.3) is 0 Å². The fourth-order valence-corrected chi connectivity index (χ4v) is 2.73. The van der Waals surface area contributed by atoms with Gasteiger partial charge in [0.25, 0.3) is 0 Å². The van der Waals surface area contributed by atoms with Gasteiger partial charge in [-0.3, -0.25) is 0 Å². The lowest BCUT2D eigenvalue weighted by Crippen LogP contribution is -2.42. The summed E-state index contributed by atoms with van der Waals surface area (Å²) >= 11 is 0. The van der Waals surface area contributed by atoms with Gasteiger partial charge in [-0.15, -0.1) is 0 Å². The first-order valence-corrected chi connectivity index (χ1v) is 8.74. The molecule has 21 heavy (non-hydrogen) atoms. The van der Waals surface area contributed by atoms with Crippen molar-refractivity contribution >= 4 is 0 Å². The second-order valence-electron chi connectivity index (χ2n) is 5.76. The van der Waals surface area contributed by atoms with Crippen molar-refractivity contribution in [3.05, 3.63) is 29.8 Å². The summed E-state index contributed by atoms with van der Waals surface area (Å²) in [6.45, 7) is 9.84. The highest BCUT2D eigenvalue weighted by Crippen LogP contribution is 2.19. The largest absolute Gasteiger partial charge is 0.489 e. The van der Waals surface area contributed by atoms with Gasteiger partial charge in [0.1, 0.15) is 11.9 Å². The van der Waals surface area contributed by atoms with Gasteiger partial charge >= 0.3 is 0 Å². The molecule has 120 valence electrons. The zero-order chi connectivity index (χ0) is 15.5. The molecule has 0 aliphatic heterocycles. The minimum absolute atomic E-state index is 0.256. The molecule has 0 heterocycles. The monoisotopic (exact) mass is 291 g/mol. The Kier molecular flexibility index (Phi) is 9.16. The van der Waals surface area contributed by atoms with E-state index in [2.05, 4.69) is 57.3 Å². The van der Waals surface area contributed by atoms with E-state index in [0.29, 0.717) is 6.04 Å². The van der Waals surface area contributed by atoms with Crippen molar-refractivity contribution in [2.24, 2.45) is 0 Å². The van der Waals surface area contributed by atoms with Crippen LogP contribution in [0.1, 0.15) is 65.4 Å². The van der Waals surface area contributed by atoms with Crippen molar-refractivity contribution in [1.29, 1.82) is 0 Å². The van der Waals surface area contributed by atoms with Crippen molar-refractivity contribution in [3.63, 3.8) is 0 Å². The molecule has 2 unspecified atom stereocenters. The Bertz CT molecular complexity index is 354. The molecule has 1 aromatic rings. The lowest BCUT2D eigenvalue weighted by molar-refractivity contribution is 0.143. The fraction of sp³-hybridized carbons (Fsp3) is 0.684. The first-order valence-electron chi connectivity index (χ1n) is 8.74. The zero-order valence-electron chi connectivity index (χ0n) is 14.3. The van der Waals surface area contributed by atoms with Crippen molar-refractivity contribution in [1.82, 2.24) is 5.32 Å². The standard InChI is InChI=1S/C19H33NO/c1-5-9-11-16-12-14-17(15-13-16)21-19(7-3)18(10-6-2)20-8-4/h12-15,18-20H,5-11H2,1-4H3. The molecule has 2 nitrogen and oxygen atoms in total. The molecule has 0 fully saturated rings. The van der Waals surface area contributed by atoms with Crippen LogP contribution in [0.4, 0.5) is 0 Å². The molecule has 0 bridgehead atoms. The third-order valence-electron chi connectivity index (χ3n) is 3.95. The van der Waals surface area contributed by atoms with Crippen molar-refractivity contribution in [3.8, 4) is 5.75 Å². The average molecular weight is 291 g/mol. The van der Waals surface area contributed by atoms with Crippen LogP contribution in [-0.2, 0) is 6.42 Å². The maximum Gasteiger partial charge on any atom is 0.119 e. The number of ether oxygens (including phenoxy) is 1. The predicted molar refractivity (Wildman–Crippen MR) is 92.1 cm³/mol. The van der Waals surface area contributed by atoms with Crippen LogP contribution in [0.5, 0.6) is 5.75 Å². The first kappa shape index (κ1) is 18.0. The van der Waals surface area contributed by atoms with E-state index in [1.54, 1.807) is 0 Å². The fourth-order valence-electron chi connectivity index (χ4n) is 2.73. The summed E-state index contributed by atoms with van der Waals surface area (Å²) in [5, 5.41) is 3.57. The summed E-state index contributed by atoms with van der Waals surface area (Å²) in [7, 11) is 0. The lowest BCUT2D eigenvalue weighted by Gasteiger charge is -2.27. The van der Waals surface area contributed by atoms with E-state index in [-0.39, 0.29) is 6.10 Å². The summed E-state index contributed by atoms with van der Waals surface area (Å²) < 4.78 is 6.23. The topological polar surface area (TPSA) is 21.3 Å². The van der Waals surface area contributed by atoms with Gasteiger partial charge in [0.15, 0.2) is 0 Å². The van der Waals surface area contributed by atoms with Gasteiger partial charge in [-0.1, -0.05) is 52.7 Å². The second-order valence-corrected chi connectivity index (χ2v) is 5.76. The molecule has 0 saturated heterocycles. The highest BCUT2D eigenvalue weighted by molar-refractivity contribution is 5.27. The van der Waals surface area contributed by atoms with Crippen LogP contribution in [0.2, 0.25) is 0 Å². The number of nitrogens with one attached hydrogen (secondary N) is 1. The summed E-state index contributed by atoms with van der Waals surface area (Å²) in [5.74, 6) is 1.00. The van der Waals surface area contributed by atoms with Crippen LogP contribution in [-0.4, -0.2) is 18.7 Å². The van der Waals surface area contributed by atoms with E-state index in [1.165, 1.54) is 37.7 Å². The normalized spacial score (nSPS) is 13.9. The van der Waals surface area contributed by atoms with Gasteiger partial charge < -0.3 is 10.1 Å². The third kappa shape index (κ3) is 6.52.